The Labute approximate surface area is 288 Å². The van der Waals surface area contributed by atoms with E-state index in [0.717, 1.165) is 60.7 Å². The summed E-state index contributed by atoms with van der Waals surface area (Å²) in [7, 11) is 0. The van der Waals surface area contributed by atoms with E-state index in [1.54, 1.807) is 5.57 Å². The maximum Gasteiger partial charge on any atom is 0.313 e. The summed E-state index contributed by atoms with van der Waals surface area (Å²) >= 11 is 0. The number of aromatic nitrogens is 1. The second-order valence-electron chi connectivity index (χ2n) is 18.1. The van der Waals surface area contributed by atoms with Gasteiger partial charge in [-0.2, -0.15) is 0 Å². The molecule has 0 aliphatic heterocycles. The van der Waals surface area contributed by atoms with E-state index in [2.05, 4.69) is 90.9 Å². The van der Waals surface area contributed by atoms with E-state index in [1.807, 2.05) is 18.2 Å². The first-order valence-corrected chi connectivity index (χ1v) is 18.9. The fraction of sp³-hybridized carbons (Fsp3) is 0.591. The molecule has 2 aromatic carbocycles. The third-order valence-electron chi connectivity index (χ3n) is 16.0. The van der Waals surface area contributed by atoms with Crippen molar-refractivity contribution >= 4 is 22.6 Å². The minimum absolute atomic E-state index is 0.0424. The molecule has 0 saturated heterocycles. The van der Waals surface area contributed by atoms with Crippen LogP contribution in [0.25, 0.3) is 10.9 Å². The van der Waals surface area contributed by atoms with Crippen molar-refractivity contribution in [2.75, 3.05) is 5.73 Å². The number of fused-ring (bicyclic) bond motifs is 9. The Bertz CT molecular complexity index is 1810. The van der Waals surface area contributed by atoms with Crippen LogP contribution in [0.1, 0.15) is 110 Å². The lowest BCUT2D eigenvalue weighted by molar-refractivity contribution is -0.184. The number of esters is 1. The van der Waals surface area contributed by atoms with Crippen LogP contribution >= 0.6 is 0 Å². The zero-order chi connectivity index (χ0) is 33.9. The van der Waals surface area contributed by atoms with E-state index in [1.165, 1.54) is 24.1 Å². The molecule has 4 nitrogen and oxygen atoms in total. The standard InChI is InChI=1S/C44H56N2O2/c1-27-19-22-44(39(47)48-26-29-13-9-8-10-14-29)24-23-42(6)32(36(44)28(27)2)17-18-35-41(5)25-31-37(45)30-15-11-12-16-33(30)46-38(31)40(3,4)34(41)20-21-43(35,42)7/h8-17,27-28,34-36H,18-26H2,1-7H3,(H2,45,46)/t27-,28+,34+,35-,36+,41+,42-,43-,44+/m1/s1. The van der Waals surface area contributed by atoms with Gasteiger partial charge in [-0.1, -0.05) is 109 Å². The number of ether oxygens (including phenoxy) is 1. The highest BCUT2D eigenvalue weighted by Gasteiger charge is 2.69. The maximum atomic E-state index is 14.4. The molecule has 8 rings (SSSR count). The van der Waals surface area contributed by atoms with Gasteiger partial charge in [-0.05, 0) is 114 Å². The van der Waals surface area contributed by atoms with Crippen molar-refractivity contribution < 1.29 is 9.53 Å². The monoisotopic (exact) mass is 644 g/mol. The minimum atomic E-state index is -0.427. The summed E-state index contributed by atoms with van der Waals surface area (Å²) in [5.41, 5.74) is 14.0. The number of anilines is 1. The number of carbonyl (C=O) groups is 1. The Morgan fingerprint density at radius 3 is 2.40 bits per heavy atom. The highest BCUT2D eigenvalue weighted by Crippen LogP contribution is 2.75. The predicted octanol–water partition coefficient (Wildman–Crippen LogP) is 10.2. The second kappa shape index (κ2) is 10.7. The average Bonchev–Trinajstić information content (AvgIpc) is 3.07. The van der Waals surface area contributed by atoms with Gasteiger partial charge in [0.25, 0.3) is 0 Å². The molecular formula is C44H56N2O2. The molecule has 2 N–H and O–H groups in total. The zero-order valence-corrected chi connectivity index (χ0v) is 30.4. The lowest BCUT2D eigenvalue weighted by Gasteiger charge is -2.71. The first-order valence-electron chi connectivity index (χ1n) is 18.9. The van der Waals surface area contributed by atoms with Crippen LogP contribution in [0.4, 0.5) is 5.69 Å². The van der Waals surface area contributed by atoms with Crippen molar-refractivity contribution in [2.45, 2.75) is 112 Å². The quantitative estimate of drug-likeness (QED) is 0.228. The van der Waals surface area contributed by atoms with E-state index in [-0.39, 0.29) is 33.5 Å². The number of para-hydroxylation sites is 1. The molecule has 0 spiro atoms. The summed E-state index contributed by atoms with van der Waals surface area (Å²) in [5.74, 6) is 2.38. The number of benzene rings is 2. The summed E-state index contributed by atoms with van der Waals surface area (Å²) in [5, 5.41) is 1.09. The molecule has 9 atom stereocenters. The molecular weight excluding hydrogens is 588 g/mol. The molecule has 3 saturated carbocycles. The Morgan fingerprint density at radius 1 is 0.896 bits per heavy atom. The second-order valence-corrected chi connectivity index (χ2v) is 18.1. The van der Waals surface area contributed by atoms with Gasteiger partial charge < -0.3 is 10.5 Å². The van der Waals surface area contributed by atoms with Crippen LogP contribution in [0, 0.1) is 51.2 Å². The first-order chi connectivity index (χ1) is 22.8. The fourth-order valence-corrected chi connectivity index (χ4v) is 13.0. The molecule has 0 bridgehead atoms. The number of nitrogen functional groups attached to an aromatic ring is 1. The largest absolute Gasteiger partial charge is 0.460 e. The smallest absolute Gasteiger partial charge is 0.313 e. The Balaban J connectivity index is 1.20. The van der Waals surface area contributed by atoms with Gasteiger partial charge >= 0.3 is 5.97 Å². The van der Waals surface area contributed by atoms with Gasteiger partial charge in [0.1, 0.15) is 6.61 Å². The first kappa shape index (κ1) is 32.1. The number of hydrogen-bond acceptors (Lipinski definition) is 4. The zero-order valence-electron chi connectivity index (χ0n) is 30.4. The van der Waals surface area contributed by atoms with Crippen LogP contribution < -0.4 is 5.73 Å². The molecule has 1 aromatic heterocycles. The number of nitrogens with two attached hydrogens (primary N) is 1. The molecule has 254 valence electrons. The van der Waals surface area contributed by atoms with Gasteiger partial charge in [0, 0.05) is 16.5 Å². The van der Waals surface area contributed by atoms with Gasteiger partial charge in [0.15, 0.2) is 0 Å². The molecule has 0 amide bonds. The summed E-state index contributed by atoms with van der Waals surface area (Å²) < 4.78 is 6.26. The molecule has 48 heavy (non-hydrogen) atoms. The highest BCUT2D eigenvalue weighted by atomic mass is 16.5. The number of hydrogen-bond donors (Lipinski definition) is 1. The Morgan fingerprint density at radius 2 is 1.62 bits per heavy atom. The van der Waals surface area contributed by atoms with Crippen molar-refractivity contribution in [3.05, 3.63) is 83.1 Å². The van der Waals surface area contributed by atoms with Crippen LogP contribution in [0.2, 0.25) is 0 Å². The van der Waals surface area contributed by atoms with Crippen LogP contribution in [-0.2, 0) is 28.0 Å². The van der Waals surface area contributed by atoms with Gasteiger partial charge in [-0.15, -0.1) is 0 Å². The summed E-state index contributed by atoms with van der Waals surface area (Å²) in [6, 6.07) is 18.6. The normalized spacial score (nSPS) is 39.6. The van der Waals surface area contributed by atoms with Crippen LogP contribution in [0.5, 0.6) is 0 Å². The molecule has 5 aliphatic carbocycles. The number of rotatable bonds is 3. The summed E-state index contributed by atoms with van der Waals surface area (Å²) in [4.78, 5) is 19.7. The van der Waals surface area contributed by atoms with Gasteiger partial charge in [0.05, 0.1) is 16.6 Å². The van der Waals surface area contributed by atoms with Crippen molar-refractivity contribution in [1.29, 1.82) is 0 Å². The minimum Gasteiger partial charge on any atom is -0.460 e. The van der Waals surface area contributed by atoms with E-state index in [4.69, 9.17) is 15.5 Å². The van der Waals surface area contributed by atoms with Gasteiger partial charge in [0.2, 0.25) is 0 Å². The summed E-state index contributed by atoms with van der Waals surface area (Å²) in [6.45, 7) is 18.0. The molecule has 0 unspecified atom stereocenters. The lowest BCUT2D eigenvalue weighted by Crippen LogP contribution is -2.65. The molecule has 1 heterocycles. The van der Waals surface area contributed by atoms with E-state index < -0.39 is 5.41 Å². The third-order valence-corrected chi connectivity index (χ3v) is 16.0. The molecule has 0 radical (unpaired) electrons. The average molecular weight is 645 g/mol. The predicted molar refractivity (Wildman–Crippen MR) is 195 cm³/mol. The third kappa shape index (κ3) is 4.13. The van der Waals surface area contributed by atoms with Crippen molar-refractivity contribution in [1.82, 2.24) is 4.98 Å². The van der Waals surface area contributed by atoms with Crippen LogP contribution in [0.3, 0.4) is 0 Å². The highest BCUT2D eigenvalue weighted by molar-refractivity contribution is 5.92. The Hall–Kier alpha value is -3.14. The topological polar surface area (TPSA) is 65.2 Å². The van der Waals surface area contributed by atoms with Gasteiger partial charge in [-0.25, -0.2) is 0 Å². The number of nitrogens with zero attached hydrogens (tertiary/aromatic N) is 1. The van der Waals surface area contributed by atoms with E-state index in [9.17, 15) is 4.79 Å². The number of allylic oxidation sites excluding steroid dienone is 2. The molecule has 3 aromatic rings. The molecule has 3 fully saturated rings. The Kier molecular flexibility index (Phi) is 7.14. The van der Waals surface area contributed by atoms with Crippen molar-refractivity contribution in [3.63, 3.8) is 0 Å². The fourth-order valence-electron chi connectivity index (χ4n) is 13.0. The van der Waals surface area contributed by atoms with Crippen LogP contribution in [0.15, 0.2) is 66.2 Å². The van der Waals surface area contributed by atoms with E-state index >= 15 is 0 Å². The molecule has 4 heteroatoms. The number of carbonyl (C=O) groups excluding carboxylic acids is 1. The van der Waals surface area contributed by atoms with Crippen molar-refractivity contribution in [3.8, 4) is 0 Å². The van der Waals surface area contributed by atoms with Crippen LogP contribution in [-0.4, -0.2) is 11.0 Å². The SMILES string of the molecule is C[C@H]1[C@H](C)CC[C@]2(C(=O)OCc3ccccc3)CC[C@]3(C)C(=CC[C@@H]4[C@@]5(C)Cc6c(nc7ccccc7c6N)C(C)(C)[C@@H]5CC[C@]43C)[C@H]12. The van der Waals surface area contributed by atoms with E-state index in [0.29, 0.717) is 30.3 Å². The summed E-state index contributed by atoms with van der Waals surface area (Å²) in [6.07, 6.45) is 11.2. The molecule has 5 aliphatic rings. The number of pyridine rings is 1. The maximum absolute atomic E-state index is 14.4. The lowest BCUT2D eigenvalue weighted by atomic mass is 9.33. The van der Waals surface area contributed by atoms with Crippen molar-refractivity contribution in [2.24, 2.45) is 51.2 Å². The van der Waals surface area contributed by atoms with Gasteiger partial charge in [-0.3, -0.25) is 9.78 Å².